The lowest BCUT2D eigenvalue weighted by Gasteiger charge is -2.33. The van der Waals surface area contributed by atoms with Gasteiger partial charge >= 0.3 is 6.18 Å². The van der Waals surface area contributed by atoms with E-state index in [-0.39, 0.29) is 23.8 Å². The second-order valence-electron chi connectivity index (χ2n) is 9.87. The van der Waals surface area contributed by atoms with Gasteiger partial charge in [-0.3, -0.25) is 10.3 Å². The highest BCUT2D eigenvalue weighted by Crippen LogP contribution is 2.34. The van der Waals surface area contributed by atoms with Gasteiger partial charge in [-0.15, -0.1) is 0 Å². The van der Waals surface area contributed by atoms with Gasteiger partial charge in [0.1, 0.15) is 5.82 Å². The second kappa shape index (κ2) is 11.4. The molecule has 11 heteroatoms. The van der Waals surface area contributed by atoms with Crippen molar-refractivity contribution in [3.63, 3.8) is 0 Å². The Balaban J connectivity index is 1.23. The first-order valence-corrected chi connectivity index (χ1v) is 12.9. The molecule has 4 aromatic rings. The standard InChI is InChI=1S/C29H31F3N8/c1-38-13-15-39(16-14-38)18-22-6-9-24(17-25(22)29(30,31)32)37-28(34)36-23-7-4-20(5-8-23)21-10-12-40(19-21)26-3-2-11-35-27(26)33/h2-12,17,19H,13-16,18H2,1H3,(H2,33,35)(H3,34,36,37). The van der Waals surface area contributed by atoms with E-state index in [4.69, 9.17) is 11.1 Å². The maximum atomic E-state index is 13.9. The van der Waals surface area contributed by atoms with Gasteiger partial charge in [-0.05, 0) is 66.2 Å². The summed E-state index contributed by atoms with van der Waals surface area (Å²) in [4.78, 5) is 8.32. The highest BCUT2D eigenvalue weighted by atomic mass is 19.4. The van der Waals surface area contributed by atoms with Crippen LogP contribution in [-0.4, -0.2) is 58.5 Å². The molecule has 0 bridgehead atoms. The lowest BCUT2D eigenvalue weighted by molar-refractivity contribution is -0.138. The fourth-order valence-corrected chi connectivity index (χ4v) is 4.71. The summed E-state index contributed by atoms with van der Waals surface area (Å²) < 4.78 is 43.6. The summed E-state index contributed by atoms with van der Waals surface area (Å²) >= 11 is 0. The van der Waals surface area contributed by atoms with Gasteiger partial charge in [-0.1, -0.05) is 18.2 Å². The molecule has 208 valence electrons. The zero-order chi connectivity index (χ0) is 28.3. The summed E-state index contributed by atoms with van der Waals surface area (Å²) in [6.45, 7) is 3.36. The van der Waals surface area contributed by atoms with Crippen molar-refractivity contribution in [2.24, 2.45) is 0 Å². The van der Waals surface area contributed by atoms with E-state index >= 15 is 0 Å². The van der Waals surface area contributed by atoms with Gasteiger partial charge in [-0.2, -0.15) is 13.2 Å². The highest BCUT2D eigenvalue weighted by molar-refractivity contribution is 6.01. The van der Waals surface area contributed by atoms with Gasteiger partial charge in [0.2, 0.25) is 0 Å². The Kier molecular flexibility index (Phi) is 7.76. The second-order valence-corrected chi connectivity index (χ2v) is 9.87. The van der Waals surface area contributed by atoms with Gasteiger partial charge in [-0.25, -0.2) is 4.98 Å². The van der Waals surface area contributed by atoms with Crippen LogP contribution in [-0.2, 0) is 12.7 Å². The Morgan fingerprint density at radius 3 is 2.35 bits per heavy atom. The number of nitrogens with one attached hydrogen (secondary N) is 3. The van der Waals surface area contributed by atoms with E-state index in [0.29, 0.717) is 11.5 Å². The van der Waals surface area contributed by atoms with Gasteiger partial charge in [0.15, 0.2) is 5.96 Å². The van der Waals surface area contributed by atoms with Crippen molar-refractivity contribution in [1.82, 2.24) is 19.4 Å². The third kappa shape index (κ3) is 6.44. The molecule has 40 heavy (non-hydrogen) atoms. The zero-order valence-electron chi connectivity index (χ0n) is 22.0. The van der Waals surface area contributed by atoms with Crippen molar-refractivity contribution in [2.75, 3.05) is 49.6 Å². The molecule has 0 saturated carbocycles. The van der Waals surface area contributed by atoms with Crippen LogP contribution >= 0.6 is 0 Å². The van der Waals surface area contributed by atoms with Crippen LogP contribution in [0.25, 0.3) is 16.8 Å². The van der Waals surface area contributed by atoms with Crippen LogP contribution in [0.2, 0.25) is 0 Å². The molecule has 5 N–H and O–H groups in total. The van der Waals surface area contributed by atoms with E-state index in [1.54, 1.807) is 12.3 Å². The summed E-state index contributed by atoms with van der Waals surface area (Å²) in [5, 5.41) is 13.9. The molecular weight excluding hydrogens is 517 g/mol. The van der Waals surface area contributed by atoms with E-state index in [9.17, 15) is 13.2 Å². The van der Waals surface area contributed by atoms with Crippen molar-refractivity contribution in [3.8, 4) is 16.8 Å². The number of guanidine groups is 1. The Bertz CT molecular complexity index is 1470. The van der Waals surface area contributed by atoms with E-state index in [1.165, 1.54) is 6.07 Å². The molecule has 1 fully saturated rings. The quantitative estimate of drug-likeness (QED) is 0.192. The summed E-state index contributed by atoms with van der Waals surface area (Å²) in [6.07, 6.45) is 0.999. The number of hydrogen-bond acceptors (Lipinski definition) is 5. The lowest BCUT2D eigenvalue weighted by Crippen LogP contribution is -2.44. The Morgan fingerprint density at radius 2 is 1.65 bits per heavy atom. The average molecular weight is 549 g/mol. The molecule has 5 rings (SSSR count). The van der Waals surface area contributed by atoms with Gasteiger partial charge in [0.25, 0.3) is 0 Å². The molecule has 8 nitrogen and oxygen atoms in total. The molecule has 0 amide bonds. The zero-order valence-corrected chi connectivity index (χ0v) is 22.0. The first-order valence-electron chi connectivity index (χ1n) is 12.9. The van der Waals surface area contributed by atoms with Crippen molar-refractivity contribution >= 4 is 23.2 Å². The Hall–Kier alpha value is -4.35. The number of nitrogen functional groups attached to an aromatic ring is 1. The topological polar surface area (TPSA) is 98.2 Å². The predicted molar refractivity (Wildman–Crippen MR) is 153 cm³/mol. The van der Waals surface area contributed by atoms with Crippen LogP contribution in [0.4, 0.5) is 30.4 Å². The Morgan fingerprint density at radius 1 is 0.950 bits per heavy atom. The monoisotopic (exact) mass is 548 g/mol. The van der Waals surface area contributed by atoms with Crippen LogP contribution in [0, 0.1) is 5.41 Å². The molecule has 1 aliphatic rings. The Labute approximate surface area is 230 Å². The first-order chi connectivity index (χ1) is 19.2. The van der Waals surface area contributed by atoms with Crippen molar-refractivity contribution in [2.45, 2.75) is 12.7 Å². The number of anilines is 3. The first kappa shape index (κ1) is 27.2. The summed E-state index contributed by atoms with van der Waals surface area (Å²) in [5.74, 6) is 0.299. The van der Waals surface area contributed by atoms with Crippen LogP contribution in [0.1, 0.15) is 11.1 Å². The summed E-state index contributed by atoms with van der Waals surface area (Å²) in [5.41, 5.74) is 9.05. The van der Waals surface area contributed by atoms with Crippen LogP contribution < -0.4 is 16.4 Å². The maximum absolute atomic E-state index is 13.9. The predicted octanol–water partition coefficient (Wildman–Crippen LogP) is 5.35. The average Bonchev–Trinajstić information content (AvgIpc) is 3.41. The number of nitrogens with zero attached hydrogens (tertiary/aromatic N) is 4. The normalized spacial score (nSPS) is 14.7. The van der Waals surface area contributed by atoms with Crippen molar-refractivity contribution in [1.29, 1.82) is 5.41 Å². The fraction of sp³-hybridized carbons (Fsp3) is 0.241. The number of aromatic nitrogens is 2. The molecular formula is C29H31F3N8. The molecule has 0 aliphatic carbocycles. The van der Waals surface area contributed by atoms with Gasteiger partial charge < -0.3 is 25.8 Å². The van der Waals surface area contributed by atoms with Crippen LogP contribution in [0.5, 0.6) is 0 Å². The fourth-order valence-electron chi connectivity index (χ4n) is 4.71. The van der Waals surface area contributed by atoms with Crippen LogP contribution in [0.15, 0.2) is 79.3 Å². The third-order valence-corrected chi connectivity index (χ3v) is 6.95. The number of piperazine rings is 1. The molecule has 2 aromatic carbocycles. The molecule has 1 saturated heterocycles. The number of alkyl halides is 3. The molecule has 1 aliphatic heterocycles. The molecule has 0 radical (unpaired) electrons. The summed E-state index contributed by atoms with van der Waals surface area (Å²) in [7, 11) is 2.01. The number of nitrogens with two attached hydrogens (primary N) is 1. The van der Waals surface area contributed by atoms with Crippen molar-refractivity contribution < 1.29 is 13.2 Å². The summed E-state index contributed by atoms with van der Waals surface area (Å²) in [6, 6.07) is 17.2. The molecule has 0 atom stereocenters. The number of hydrogen-bond donors (Lipinski definition) is 4. The number of rotatable bonds is 6. The third-order valence-electron chi connectivity index (χ3n) is 6.95. The van der Waals surface area contributed by atoms with Gasteiger partial charge in [0.05, 0.1) is 11.3 Å². The minimum Gasteiger partial charge on any atom is -0.382 e. The van der Waals surface area contributed by atoms with E-state index in [2.05, 4.69) is 20.5 Å². The smallest absolute Gasteiger partial charge is 0.382 e. The van der Waals surface area contributed by atoms with E-state index in [0.717, 1.165) is 49.1 Å². The maximum Gasteiger partial charge on any atom is 0.416 e. The minimum atomic E-state index is -4.49. The minimum absolute atomic E-state index is 0.133. The molecule has 0 spiro atoms. The molecule has 0 unspecified atom stereocenters. The molecule has 2 aromatic heterocycles. The lowest BCUT2D eigenvalue weighted by atomic mass is 10.0. The molecule has 3 heterocycles. The SMILES string of the molecule is CN1CCN(Cc2ccc(NC(=N)Nc3ccc(-c4ccn(-c5cccnc5N)c4)cc3)cc2C(F)(F)F)CC1. The van der Waals surface area contributed by atoms with Crippen LogP contribution in [0.3, 0.4) is 0 Å². The number of benzene rings is 2. The number of halogens is 3. The largest absolute Gasteiger partial charge is 0.416 e. The number of pyridine rings is 1. The highest BCUT2D eigenvalue weighted by Gasteiger charge is 2.34. The van der Waals surface area contributed by atoms with E-state index in [1.807, 2.05) is 71.4 Å². The number of likely N-dealkylation sites (N-methyl/N-ethyl adjacent to an activating group) is 1. The van der Waals surface area contributed by atoms with Crippen molar-refractivity contribution in [3.05, 3.63) is 90.4 Å². The van der Waals surface area contributed by atoms with E-state index < -0.39 is 11.7 Å². The van der Waals surface area contributed by atoms with Gasteiger partial charge in [0, 0.05) is 62.7 Å².